The quantitative estimate of drug-likeness (QED) is 0.376. The second-order valence-corrected chi connectivity index (χ2v) is 12.3. The topological polar surface area (TPSA) is 160 Å². The summed E-state index contributed by atoms with van der Waals surface area (Å²) in [7, 11) is 1.68. The number of imide groups is 2. The van der Waals surface area contributed by atoms with Gasteiger partial charge in [0.25, 0.3) is 17.7 Å². The van der Waals surface area contributed by atoms with Crippen molar-refractivity contribution in [2.24, 2.45) is 0 Å². The third-order valence-corrected chi connectivity index (χ3v) is 9.34. The lowest BCUT2D eigenvalue weighted by Crippen LogP contribution is -2.54. The van der Waals surface area contributed by atoms with E-state index in [2.05, 4.69) is 16.0 Å². The number of piperidine rings is 1. The molecule has 46 heavy (non-hydrogen) atoms. The molecular formula is C34H36N4O8. The molecule has 4 aliphatic rings. The average Bonchev–Trinajstić information content (AvgIpc) is 3.43. The number of carbonyl (C=O) groups excluding carboxylic acids is 6. The third-order valence-electron chi connectivity index (χ3n) is 9.34. The highest BCUT2D eigenvalue weighted by molar-refractivity contribution is 6.26. The van der Waals surface area contributed by atoms with E-state index in [9.17, 15) is 28.8 Å². The zero-order valence-corrected chi connectivity index (χ0v) is 26.0. The lowest BCUT2D eigenvalue weighted by molar-refractivity contribution is -0.136. The molecule has 3 aliphatic heterocycles. The van der Waals surface area contributed by atoms with Gasteiger partial charge in [-0.05, 0) is 69.2 Å². The van der Waals surface area contributed by atoms with Gasteiger partial charge in [0, 0.05) is 13.5 Å². The van der Waals surface area contributed by atoms with Crippen molar-refractivity contribution < 1.29 is 38.2 Å². The Labute approximate surface area is 265 Å². The van der Waals surface area contributed by atoms with Crippen molar-refractivity contribution in [3.63, 3.8) is 0 Å². The van der Waals surface area contributed by atoms with Crippen LogP contribution in [0.15, 0.2) is 42.2 Å². The van der Waals surface area contributed by atoms with E-state index in [-0.39, 0.29) is 54.7 Å². The molecule has 0 radical (unpaired) electrons. The van der Waals surface area contributed by atoms with Crippen LogP contribution in [0.1, 0.15) is 82.4 Å². The number of hydrogen-bond donors (Lipinski definition) is 3. The Hall–Kier alpha value is -4.84. The monoisotopic (exact) mass is 628 g/mol. The summed E-state index contributed by atoms with van der Waals surface area (Å²) in [5.41, 5.74) is 2.67. The number of anilines is 1. The van der Waals surface area contributed by atoms with Gasteiger partial charge >= 0.3 is 0 Å². The van der Waals surface area contributed by atoms with Crippen molar-refractivity contribution in [1.29, 1.82) is 0 Å². The molecule has 1 saturated heterocycles. The van der Waals surface area contributed by atoms with Gasteiger partial charge in [0.15, 0.2) is 0 Å². The molecule has 1 aliphatic carbocycles. The minimum atomic E-state index is -1.12. The number of rotatable bonds is 8. The average molecular weight is 629 g/mol. The number of methoxy groups -OCH3 is 1. The molecule has 0 aromatic heterocycles. The predicted molar refractivity (Wildman–Crippen MR) is 165 cm³/mol. The van der Waals surface area contributed by atoms with Crippen LogP contribution in [0.2, 0.25) is 0 Å². The molecule has 3 N–H and O–H groups in total. The summed E-state index contributed by atoms with van der Waals surface area (Å²) in [6.45, 7) is 3.87. The molecule has 2 aromatic rings. The van der Waals surface area contributed by atoms with E-state index in [0.717, 1.165) is 34.4 Å². The molecule has 1 saturated carbocycles. The Bertz CT molecular complexity index is 1700. The van der Waals surface area contributed by atoms with Gasteiger partial charge < -0.3 is 20.1 Å². The van der Waals surface area contributed by atoms with Gasteiger partial charge in [0.1, 0.15) is 11.8 Å². The van der Waals surface area contributed by atoms with Crippen molar-refractivity contribution in [2.45, 2.75) is 76.5 Å². The Morgan fingerprint density at radius 1 is 1.00 bits per heavy atom. The van der Waals surface area contributed by atoms with Crippen LogP contribution in [-0.4, -0.2) is 71.7 Å². The van der Waals surface area contributed by atoms with Crippen molar-refractivity contribution in [3.8, 4) is 0 Å². The van der Waals surface area contributed by atoms with Crippen LogP contribution in [0, 0.1) is 13.8 Å². The number of amides is 6. The third kappa shape index (κ3) is 5.46. The van der Waals surface area contributed by atoms with E-state index in [1.807, 2.05) is 32.0 Å². The summed E-state index contributed by atoms with van der Waals surface area (Å²) >= 11 is 0. The van der Waals surface area contributed by atoms with Crippen molar-refractivity contribution in [3.05, 3.63) is 70.0 Å². The van der Waals surface area contributed by atoms with Crippen LogP contribution in [-0.2, 0) is 28.7 Å². The number of carbonyl (C=O) groups is 6. The van der Waals surface area contributed by atoms with Crippen LogP contribution in [0.4, 0.5) is 5.69 Å². The smallest absolute Gasteiger partial charge is 0.264 e. The van der Waals surface area contributed by atoms with Crippen LogP contribution < -0.4 is 16.0 Å². The summed E-state index contributed by atoms with van der Waals surface area (Å²) in [5, 5.41) is 8.09. The maximum atomic E-state index is 13.5. The first-order valence-electron chi connectivity index (χ1n) is 15.5. The number of benzene rings is 2. The number of nitrogens with zero attached hydrogens (tertiary/aromatic N) is 1. The number of nitrogens with one attached hydrogen (secondary N) is 3. The fraction of sp³-hybridized carbons (Fsp3) is 0.412. The summed E-state index contributed by atoms with van der Waals surface area (Å²) in [5.74, 6) is -2.70. The van der Waals surface area contributed by atoms with Crippen LogP contribution in [0.5, 0.6) is 0 Å². The number of fused-ring (bicyclic) bond motifs is 1. The normalized spacial score (nSPS) is 24.3. The fourth-order valence-corrected chi connectivity index (χ4v) is 6.89. The molecule has 3 heterocycles. The molecule has 1 unspecified atom stereocenters. The number of ether oxygens (including phenoxy) is 2. The van der Waals surface area contributed by atoms with Gasteiger partial charge in [-0.15, -0.1) is 0 Å². The molecule has 2 fully saturated rings. The highest BCUT2D eigenvalue weighted by atomic mass is 16.5. The van der Waals surface area contributed by atoms with E-state index in [4.69, 9.17) is 9.47 Å². The van der Waals surface area contributed by atoms with Crippen molar-refractivity contribution in [1.82, 2.24) is 15.5 Å². The van der Waals surface area contributed by atoms with Gasteiger partial charge in [-0.2, -0.15) is 0 Å². The Kier molecular flexibility index (Phi) is 8.24. The first-order valence-corrected chi connectivity index (χ1v) is 15.5. The van der Waals surface area contributed by atoms with Crippen LogP contribution in [0.3, 0.4) is 0 Å². The molecule has 1 atom stereocenters. The Morgan fingerprint density at radius 2 is 1.76 bits per heavy atom. The molecule has 12 heteroatoms. The van der Waals surface area contributed by atoms with Gasteiger partial charge in [-0.3, -0.25) is 39.0 Å². The lowest BCUT2D eigenvalue weighted by atomic mass is 9.79. The first kappa shape index (κ1) is 31.2. The van der Waals surface area contributed by atoms with Crippen LogP contribution in [0.25, 0.3) is 5.57 Å². The molecule has 1 spiro atoms. The minimum absolute atomic E-state index is 0.00433. The molecule has 6 rings (SSSR count). The Morgan fingerprint density at radius 3 is 2.48 bits per heavy atom. The SMILES string of the molecule is COC1CCC2(CC1)NC(=O)C(c1cc(C)ccc1C)=C2OCCC(=O)Nc1cccc2c1C(=O)N(C1CCC(=O)NC1=O)C2=O. The van der Waals surface area contributed by atoms with Gasteiger partial charge in [0.2, 0.25) is 17.7 Å². The molecule has 240 valence electrons. The van der Waals surface area contributed by atoms with E-state index in [1.54, 1.807) is 13.2 Å². The second kappa shape index (κ2) is 12.2. The summed E-state index contributed by atoms with van der Waals surface area (Å²) < 4.78 is 11.9. The highest BCUT2D eigenvalue weighted by Gasteiger charge is 2.49. The first-order chi connectivity index (χ1) is 22.0. The predicted octanol–water partition coefficient (Wildman–Crippen LogP) is 2.92. The van der Waals surface area contributed by atoms with Gasteiger partial charge in [-0.1, -0.05) is 29.8 Å². The highest BCUT2D eigenvalue weighted by Crippen LogP contribution is 2.44. The van der Waals surface area contributed by atoms with E-state index in [1.165, 1.54) is 12.1 Å². The zero-order valence-electron chi connectivity index (χ0n) is 26.0. The van der Waals surface area contributed by atoms with Gasteiger partial charge in [-0.25, -0.2) is 0 Å². The second-order valence-electron chi connectivity index (χ2n) is 12.3. The minimum Gasteiger partial charge on any atom is -0.494 e. The summed E-state index contributed by atoms with van der Waals surface area (Å²) in [6.07, 6.45) is 2.76. The summed E-state index contributed by atoms with van der Waals surface area (Å²) in [6, 6.07) is 9.32. The standard InChI is InChI=1S/C34H36N4O8/c1-18-7-8-19(2)22(17-18)28-29(34(37-31(28)42)14-11-20(45-3)12-15-34)46-16-13-26(40)35-23-6-4-5-21-27(23)33(44)38(32(21)43)24-9-10-25(39)36-30(24)41/h4-8,17,20,24H,9-16H2,1-3H3,(H,35,40)(H,37,42)(H,36,39,41). The maximum absolute atomic E-state index is 13.5. The lowest BCUT2D eigenvalue weighted by Gasteiger charge is -2.38. The molecule has 12 nitrogen and oxygen atoms in total. The summed E-state index contributed by atoms with van der Waals surface area (Å²) in [4.78, 5) is 78.1. The van der Waals surface area contributed by atoms with E-state index >= 15 is 0 Å². The molecule has 0 bridgehead atoms. The zero-order chi connectivity index (χ0) is 32.7. The number of aryl methyl sites for hydroxylation is 2. The van der Waals surface area contributed by atoms with Crippen molar-refractivity contribution in [2.75, 3.05) is 19.0 Å². The molecule has 2 aromatic carbocycles. The van der Waals surface area contributed by atoms with Crippen LogP contribution >= 0.6 is 0 Å². The Balaban J connectivity index is 1.20. The van der Waals surface area contributed by atoms with Crippen molar-refractivity contribution >= 4 is 46.7 Å². The molecular weight excluding hydrogens is 592 g/mol. The number of hydrogen-bond acceptors (Lipinski definition) is 8. The van der Waals surface area contributed by atoms with E-state index in [0.29, 0.717) is 24.2 Å². The van der Waals surface area contributed by atoms with E-state index < -0.39 is 41.1 Å². The molecule has 6 amide bonds. The maximum Gasteiger partial charge on any atom is 0.264 e. The van der Waals surface area contributed by atoms with Gasteiger partial charge in [0.05, 0.1) is 47.1 Å². The fourth-order valence-electron chi connectivity index (χ4n) is 6.89. The largest absolute Gasteiger partial charge is 0.494 e.